The van der Waals surface area contributed by atoms with Crippen LogP contribution < -0.4 is 5.32 Å². The summed E-state index contributed by atoms with van der Waals surface area (Å²) in [4.78, 5) is 21.5. The fraction of sp³-hybridized carbons (Fsp3) is 0.500. The summed E-state index contributed by atoms with van der Waals surface area (Å²) >= 11 is 2.53. The molecule has 0 unspecified atom stereocenters. The largest absolute Gasteiger partial charge is 0.465 e. The summed E-state index contributed by atoms with van der Waals surface area (Å²) in [6.07, 6.45) is 3.36. The van der Waals surface area contributed by atoms with Crippen LogP contribution in [0.5, 0.6) is 0 Å². The number of thioether (sulfide) groups is 2. The molecule has 0 aliphatic heterocycles. The van der Waals surface area contributed by atoms with Crippen LogP contribution >= 0.6 is 23.5 Å². The topological polar surface area (TPSA) is 64.1 Å². The predicted octanol–water partition coefficient (Wildman–Crippen LogP) is 6.29. The van der Waals surface area contributed by atoms with Crippen molar-refractivity contribution in [3.8, 4) is 0 Å². The molecule has 0 spiro atoms. The highest BCUT2D eigenvalue weighted by Crippen LogP contribution is 2.34. The zero-order valence-electron chi connectivity index (χ0n) is 18.0. The predicted molar refractivity (Wildman–Crippen MR) is 121 cm³/mol. The Morgan fingerprint density at radius 2 is 1.97 bits per heavy atom. The van der Waals surface area contributed by atoms with Gasteiger partial charge in [-0.15, -0.1) is 11.8 Å². The number of nitrogens with zero attached hydrogens (tertiary/aromatic N) is 2. The molecule has 32 heavy (non-hydrogen) atoms. The van der Waals surface area contributed by atoms with Crippen LogP contribution in [-0.4, -0.2) is 35.8 Å². The Morgan fingerprint density at radius 3 is 2.62 bits per heavy atom. The number of anilines is 1. The van der Waals surface area contributed by atoms with E-state index in [0.29, 0.717) is 34.0 Å². The normalized spacial score (nSPS) is 14.9. The lowest BCUT2D eigenvalue weighted by Gasteiger charge is -2.23. The number of carbonyl (C=O) groups excluding carboxylic acids is 1. The molecule has 0 amide bonds. The van der Waals surface area contributed by atoms with Crippen molar-refractivity contribution in [2.24, 2.45) is 5.92 Å². The van der Waals surface area contributed by atoms with E-state index in [-0.39, 0.29) is 11.3 Å². The highest BCUT2D eigenvalue weighted by Gasteiger charge is 2.30. The Kier molecular flexibility index (Phi) is 8.70. The van der Waals surface area contributed by atoms with E-state index in [4.69, 9.17) is 4.74 Å². The monoisotopic (exact) mass is 485 g/mol. The summed E-state index contributed by atoms with van der Waals surface area (Å²) in [6, 6.07) is 5.16. The molecule has 0 saturated heterocycles. The lowest BCUT2D eigenvalue weighted by Crippen LogP contribution is -2.20. The standard InChI is InChI=1S/C22H26F3N3O2S2/c1-30-20(29)17-18(26-12-14-7-4-3-5-8-14)27-21(31-2)28-19(17)32-13-15-9-6-10-16(11-15)22(23,24)25/h6,9-11,14H,3-5,7-8,12-13H2,1-2H3,(H,26,27,28). The highest BCUT2D eigenvalue weighted by molar-refractivity contribution is 7.99. The van der Waals surface area contributed by atoms with Crippen LogP contribution in [0.25, 0.3) is 0 Å². The SMILES string of the molecule is COC(=O)c1c(NCC2CCCCC2)nc(SC)nc1SCc1cccc(C(F)(F)F)c1. The van der Waals surface area contributed by atoms with Gasteiger partial charge in [0.15, 0.2) is 5.16 Å². The first-order valence-corrected chi connectivity index (χ1v) is 12.6. The van der Waals surface area contributed by atoms with Crippen LogP contribution in [0.4, 0.5) is 19.0 Å². The molecule has 5 nitrogen and oxygen atoms in total. The number of ether oxygens (including phenoxy) is 1. The number of nitrogens with one attached hydrogen (secondary N) is 1. The summed E-state index contributed by atoms with van der Waals surface area (Å²) in [5.74, 6) is 0.577. The number of methoxy groups -OCH3 is 1. The Labute approximate surface area is 194 Å². The molecule has 1 aromatic carbocycles. The molecule has 1 heterocycles. The number of carbonyl (C=O) groups is 1. The van der Waals surface area contributed by atoms with Crippen LogP contribution in [0.2, 0.25) is 0 Å². The fourth-order valence-electron chi connectivity index (χ4n) is 3.65. The van der Waals surface area contributed by atoms with Crippen molar-refractivity contribution in [1.82, 2.24) is 9.97 Å². The van der Waals surface area contributed by atoms with Gasteiger partial charge in [-0.25, -0.2) is 14.8 Å². The van der Waals surface area contributed by atoms with Gasteiger partial charge in [0.1, 0.15) is 16.4 Å². The number of hydrogen-bond donors (Lipinski definition) is 1. The molecule has 1 aliphatic rings. The maximum Gasteiger partial charge on any atom is 0.416 e. The number of esters is 1. The molecule has 10 heteroatoms. The summed E-state index contributed by atoms with van der Waals surface area (Å²) in [7, 11) is 1.29. The lowest BCUT2D eigenvalue weighted by atomic mass is 9.89. The van der Waals surface area contributed by atoms with E-state index in [9.17, 15) is 18.0 Å². The quantitative estimate of drug-likeness (QED) is 0.204. The van der Waals surface area contributed by atoms with Gasteiger partial charge in [-0.2, -0.15) is 13.2 Å². The number of alkyl halides is 3. The number of rotatable bonds is 8. The minimum absolute atomic E-state index is 0.220. The van der Waals surface area contributed by atoms with Crippen molar-refractivity contribution in [3.63, 3.8) is 0 Å². The summed E-state index contributed by atoms with van der Waals surface area (Å²) in [6.45, 7) is 0.701. The van der Waals surface area contributed by atoms with Crippen molar-refractivity contribution < 1.29 is 22.7 Å². The fourth-order valence-corrected chi connectivity index (χ4v) is 5.03. The molecule has 0 atom stereocenters. The molecule has 1 N–H and O–H groups in total. The van der Waals surface area contributed by atoms with E-state index < -0.39 is 17.7 Å². The van der Waals surface area contributed by atoms with Crippen LogP contribution in [0, 0.1) is 5.92 Å². The third-order valence-corrected chi connectivity index (χ3v) is 6.93. The van der Waals surface area contributed by atoms with Crippen LogP contribution in [-0.2, 0) is 16.7 Å². The average Bonchev–Trinajstić information content (AvgIpc) is 2.80. The van der Waals surface area contributed by atoms with Crippen molar-refractivity contribution >= 4 is 35.3 Å². The second-order valence-corrected chi connectivity index (χ2v) is 9.34. The third-order valence-electron chi connectivity index (χ3n) is 5.34. The zero-order valence-corrected chi connectivity index (χ0v) is 19.6. The summed E-state index contributed by atoms with van der Waals surface area (Å²) < 4.78 is 44.1. The molecule has 0 bridgehead atoms. The van der Waals surface area contributed by atoms with Crippen LogP contribution in [0.3, 0.4) is 0 Å². The van der Waals surface area contributed by atoms with Crippen LogP contribution in [0.1, 0.15) is 53.6 Å². The van der Waals surface area contributed by atoms with Crippen molar-refractivity contribution in [2.45, 2.75) is 54.2 Å². The smallest absolute Gasteiger partial charge is 0.416 e. The van der Waals surface area contributed by atoms with E-state index in [1.807, 2.05) is 6.26 Å². The number of benzene rings is 1. The third kappa shape index (κ3) is 6.54. The van der Waals surface area contributed by atoms with Gasteiger partial charge in [0.05, 0.1) is 12.7 Å². The van der Waals surface area contributed by atoms with E-state index in [2.05, 4.69) is 15.3 Å². The summed E-state index contributed by atoms with van der Waals surface area (Å²) in [5, 5.41) is 4.18. The van der Waals surface area contributed by atoms with Gasteiger partial charge in [-0.3, -0.25) is 0 Å². The maximum atomic E-state index is 13.0. The second-order valence-electron chi connectivity index (χ2n) is 7.60. The van der Waals surface area contributed by atoms with E-state index >= 15 is 0 Å². The second kappa shape index (κ2) is 11.3. The van der Waals surface area contributed by atoms with Crippen LogP contribution in [0.15, 0.2) is 34.4 Å². The Hall–Kier alpha value is -1.94. The van der Waals surface area contributed by atoms with E-state index in [0.717, 1.165) is 25.0 Å². The first-order chi connectivity index (χ1) is 15.3. The molecule has 3 rings (SSSR count). The zero-order chi connectivity index (χ0) is 23.1. The average molecular weight is 486 g/mol. The molecular formula is C22H26F3N3O2S2. The Balaban J connectivity index is 1.85. The van der Waals surface area contributed by atoms with Gasteiger partial charge < -0.3 is 10.1 Å². The molecular weight excluding hydrogens is 459 g/mol. The van der Waals surface area contributed by atoms with Gasteiger partial charge in [0.25, 0.3) is 0 Å². The lowest BCUT2D eigenvalue weighted by molar-refractivity contribution is -0.137. The summed E-state index contributed by atoms with van der Waals surface area (Å²) in [5.41, 5.74) is 0.00544. The van der Waals surface area contributed by atoms with Gasteiger partial charge >= 0.3 is 12.1 Å². The molecule has 0 radical (unpaired) electrons. The number of aromatic nitrogens is 2. The first kappa shape index (κ1) is 24.7. The Morgan fingerprint density at radius 1 is 1.22 bits per heavy atom. The first-order valence-electron chi connectivity index (χ1n) is 10.4. The van der Waals surface area contributed by atoms with E-state index in [1.165, 1.54) is 56.0 Å². The minimum atomic E-state index is -4.41. The van der Waals surface area contributed by atoms with E-state index in [1.54, 1.807) is 6.07 Å². The molecule has 1 aromatic heterocycles. The Bertz CT molecular complexity index is 935. The highest BCUT2D eigenvalue weighted by atomic mass is 32.2. The molecule has 1 fully saturated rings. The molecule has 1 aliphatic carbocycles. The minimum Gasteiger partial charge on any atom is -0.465 e. The van der Waals surface area contributed by atoms with Crippen molar-refractivity contribution in [2.75, 3.05) is 25.2 Å². The van der Waals surface area contributed by atoms with Crippen molar-refractivity contribution in [3.05, 3.63) is 41.0 Å². The maximum absolute atomic E-state index is 13.0. The van der Waals surface area contributed by atoms with Crippen molar-refractivity contribution in [1.29, 1.82) is 0 Å². The molecule has 1 saturated carbocycles. The van der Waals surface area contributed by atoms with Gasteiger partial charge in [-0.05, 0) is 36.6 Å². The van der Waals surface area contributed by atoms with Gasteiger partial charge in [0, 0.05) is 12.3 Å². The molecule has 2 aromatic rings. The number of hydrogen-bond acceptors (Lipinski definition) is 7. The van der Waals surface area contributed by atoms with Gasteiger partial charge in [0.2, 0.25) is 0 Å². The number of halogens is 3. The molecule has 174 valence electrons. The van der Waals surface area contributed by atoms with Gasteiger partial charge in [-0.1, -0.05) is 49.2 Å².